The smallest absolute Gasteiger partial charge is 0.319 e. The third-order valence-electron chi connectivity index (χ3n) is 3.45. The molecule has 0 saturated heterocycles. The predicted octanol–water partition coefficient (Wildman–Crippen LogP) is 2.21. The Balaban J connectivity index is 1.67. The van der Waals surface area contributed by atoms with E-state index in [1.165, 1.54) is 4.52 Å². The second kappa shape index (κ2) is 7.18. The van der Waals surface area contributed by atoms with Gasteiger partial charge in [0, 0.05) is 29.3 Å². The first-order chi connectivity index (χ1) is 12.4. The van der Waals surface area contributed by atoms with Gasteiger partial charge in [0.15, 0.2) is 0 Å². The minimum absolute atomic E-state index is 0.0327. The highest BCUT2D eigenvalue weighted by molar-refractivity contribution is 6.02. The summed E-state index contributed by atoms with van der Waals surface area (Å²) in [6.07, 6.45) is 1.61. The van der Waals surface area contributed by atoms with Crippen molar-refractivity contribution in [2.45, 2.75) is 26.8 Å². The van der Waals surface area contributed by atoms with E-state index in [0.717, 1.165) is 5.69 Å². The third kappa shape index (κ3) is 3.94. The van der Waals surface area contributed by atoms with Gasteiger partial charge >= 0.3 is 6.03 Å². The average molecular weight is 353 g/mol. The number of nitrogens with one attached hydrogen (secondary N) is 3. The molecule has 3 aromatic rings. The van der Waals surface area contributed by atoms with Gasteiger partial charge < -0.3 is 16.0 Å². The lowest BCUT2D eigenvalue weighted by Gasteiger charge is -2.10. The zero-order valence-electron chi connectivity index (χ0n) is 14.6. The molecular weight excluding hydrogens is 334 g/mol. The Kier molecular flexibility index (Phi) is 4.78. The minimum atomic E-state index is -0.437. The summed E-state index contributed by atoms with van der Waals surface area (Å²) in [6.45, 7) is 5.61. The Hall–Kier alpha value is -3.49. The van der Waals surface area contributed by atoms with E-state index in [4.69, 9.17) is 0 Å². The molecular formula is C17H19N7O2. The van der Waals surface area contributed by atoms with E-state index in [1.807, 2.05) is 20.8 Å². The van der Waals surface area contributed by atoms with Gasteiger partial charge in [0.25, 0.3) is 11.7 Å². The standard InChI is InChI=1S/C17H19N7O2/c1-10(2)19-17(26)21-13-6-4-12(5-7-13)20-15(25)14-22-16-18-9-8-11(3)24(16)23-14/h4-10H,1-3H3,(H,20,25)(H2,19,21,26). The molecule has 2 heterocycles. The molecule has 0 aliphatic rings. The van der Waals surface area contributed by atoms with Crippen LogP contribution in [0.3, 0.4) is 0 Å². The molecule has 1 aromatic carbocycles. The normalized spacial score (nSPS) is 10.8. The van der Waals surface area contributed by atoms with Crippen molar-refractivity contribution in [3.8, 4) is 0 Å². The van der Waals surface area contributed by atoms with Crippen molar-refractivity contribution in [1.29, 1.82) is 0 Å². The summed E-state index contributed by atoms with van der Waals surface area (Å²) in [5.41, 5.74) is 2.01. The van der Waals surface area contributed by atoms with Gasteiger partial charge in [-0.3, -0.25) is 4.79 Å². The molecule has 0 saturated carbocycles. The maximum absolute atomic E-state index is 12.3. The molecule has 0 bridgehead atoms. The number of hydrogen-bond acceptors (Lipinski definition) is 5. The van der Waals surface area contributed by atoms with Gasteiger partial charge in [-0.2, -0.15) is 4.98 Å². The van der Waals surface area contributed by atoms with Crippen LogP contribution in [0.15, 0.2) is 36.5 Å². The quantitative estimate of drug-likeness (QED) is 0.665. The average Bonchev–Trinajstić information content (AvgIpc) is 3.02. The number of amides is 3. The number of carbonyl (C=O) groups is 2. The summed E-state index contributed by atoms with van der Waals surface area (Å²) in [4.78, 5) is 32.2. The number of hydrogen-bond donors (Lipinski definition) is 3. The van der Waals surface area contributed by atoms with Crippen molar-refractivity contribution in [2.75, 3.05) is 10.6 Å². The number of aromatic nitrogens is 4. The highest BCUT2D eigenvalue weighted by atomic mass is 16.2. The lowest BCUT2D eigenvalue weighted by molar-refractivity contribution is 0.101. The number of rotatable bonds is 4. The van der Waals surface area contributed by atoms with E-state index in [1.54, 1.807) is 36.5 Å². The summed E-state index contributed by atoms with van der Waals surface area (Å²) in [6, 6.07) is 8.30. The zero-order valence-corrected chi connectivity index (χ0v) is 14.6. The van der Waals surface area contributed by atoms with Crippen LogP contribution < -0.4 is 16.0 Å². The van der Waals surface area contributed by atoms with Crippen LogP contribution in [0.4, 0.5) is 16.2 Å². The molecule has 0 radical (unpaired) electrons. The SMILES string of the molecule is Cc1ccnc2nc(C(=O)Nc3ccc(NC(=O)NC(C)C)cc3)nn12. The summed E-state index contributed by atoms with van der Waals surface area (Å²) in [5.74, 6) is -0.0377. The van der Waals surface area contributed by atoms with Crippen LogP contribution in [0, 0.1) is 6.92 Å². The molecule has 3 amide bonds. The van der Waals surface area contributed by atoms with E-state index in [2.05, 4.69) is 31.0 Å². The second-order valence-corrected chi connectivity index (χ2v) is 6.02. The summed E-state index contributed by atoms with van der Waals surface area (Å²) >= 11 is 0. The fraction of sp³-hybridized carbons (Fsp3) is 0.235. The van der Waals surface area contributed by atoms with Crippen molar-refractivity contribution in [1.82, 2.24) is 24.9 Å². The Morgan fingerprint density at radius 2 is 1.69 bits per heavy atom. The van der Waals surface area contributed by atoms with Crippen molar-refractivity contribution < 1.29 is 9.59 Å². The molecule has 0 unspecified atom stereocenters. The molecule has 26 heavy (non-hydrogen) atoms. The first-order valence-electron chi connectivity index (χ1n) is 8.09. The number of nitrogens with zero attached hydrogens (tertiary/aromatic N) is 4. The van der Waals surface area contributed by atoms with Crippen LogP contribution in [0.25, 0.3) is 5.78 Å². The van der Waals surface area contributed by atoms with Crippen LogP contribution >= 0.6 is 0 Å². The Bertz CT molecular complexity index is 947. The van der Waals surface area contributed by atoms with Crippen LogP contribution in [0.5, 0.6) is 0 Å². The Morgan fingerprint density at radius 1 is 1.04 bits per heavy atom. The molecule has 0 aliphatic carbocycles. The molecule has 0 fully saturated rings. The largest absolute Gasteiger partial charge is 0.336 e. The monoisotopic (exact) mass is 353 g/mol. The molecule has 134 valence electrons. The van der Waals surface area contributed by atoms with Crippen molar-refractivity contribution in [2.24, 2.45) is 0 Å². The summed E-state index contributed by atoms with van der Waals surface area (Å²) in [7, 11) is 0. The van der Waals surface area contributed by atoms with Gasteiger partial charge in [0.05, 0.1) is 0 Å². The molecule has 0 atom stereocenters. The van der Waals surface area contributed by atoms with Gasteiger partial charge in [-0.15, -0.1) is 5.10 Å². The molecule has 9 heteroatoms. The van der Waals surface area contributed by atoms with E-state index in [9.17, 15) is 9.59 Å². The Labute approximate surface area is 149 Å². The number of urea groups is 1. The van der Waals surface area contributed by atoms with Gasteiger partial charge in [-0.05, 0) is 51.1 Å². The first kappa shape index (κ1) is 17.3. The maximum Gasteiger partial charge on any atom is 0.319 e. The fourth-order valence-electron chi connectivity index (χ4n) is 2.26. The van der Waals surface area contributed by atoms with Crippen molar-refractivity contribution >= 4 is 29.1 Å². The minimum Gasteiger partial charge on any atom is -0.336 e. The van der Waals surface area contributed by atoms with Crippen LogP contribution in [-0.2, 0) is 0 Å². The molecule has 0 spiro atoms. The number of aryl methyl sites for hydroxylation is 1. The maximum atomic E-state index is 12.3. The van der Waals surface area contributed by atoms with E-state index < -0.39 is 5.91 Å². The first-order valence-corrected chi connectivity index (χ1v) is 8.09. The van der Waals surface area contributed by atoms with Crippen LogP contribution in [0.1, 0.15) is 30.2 Å². The predicted molar refractivity (Wildman–Crippen MR) is 97.2 cm³/mol. The number of anilines is 2. The van der Waals surface area contributed by atoms with Gasteiger partial charge in [-0.25, -0.2) is 14.3 Å². The second-order valence-electron chi connectivity index (χ2n) is 6.02. The molecule has 0 aliphatic heterocycles. The van der Waals surface area contributed by atoms with E-state index in [-0.39, 0.29) is 17.9 Å². The highest BCUT2D eigenvalue weighted by Gasteiger charge is 2.14. The van der Waals surface area contributed by atoms with Gasteiger partial charge in [-0.1, -0.05) is 0 Å². The van der Waals surface area contributed by atoms with Gasteiger partial charge in [0.1, 0.15) is 0 Å². The number of carbonyl (C=O) groups excluding carboxylic acids is 2. The molecule has 3 N–H and O–H groups in total. The number of benzene rings is 1. The fourth-order valence-corrected chi connectivity index (χ4v) is 2.26. The topological polar surface area (TPSA) is 113 Å². The molecule has 9 nitrogen and oxygen atoms in total. The Morgan fingerprint density at radius 3 is 2.31 bits per heavy atom. The van der Waals surface area contributed by atoms with Crippen LogP contribution in [-0.4, -0.2) is 37.6 Å². The van der Waals surface area contributed by atoms with Crippen molar-refractivity contribution in [3.63, 3.8) is 0 Å². The lowest BCUT2D eigenvalue weighted by Crippen LogP contribution is -2.34. The highest BCUT2D eigenvalue weighted by Crippen LogP contribution is 2.14. The summed E-state index contributed by atoms with van der Waals surface area (Å²) in [5, 5.41) is 12.3. The summed E-state index contributed by atoms with van der Waals surface area (Å²) < 4.78 is 1.51. The number of fused-ring (bicyclic) bond motifs is 1. The van der Waals surface area contributed by atoms with E-state index in [0.29, 0.717) is 17.2 Å². The van der Waals surface area contributed by atoms with Gasteiger partial charge in [0.2, 0.25) is 5.82 Å². The van der Waals surface area contributed by atoms with Crippen LogP contribution in [0.2, 0.25) is 0 Å². The molecule has 2 aromatic heterocycles. The zero-order chi connectivity index (χ0) is 18.7. The third-order valence-corrected chi connectivity index (χ3v) is 3.45. The van der Waals surface area contributed by atoms with Crippen molar-refractivity contribution in [3.05, 3.63) is 48.0 Å². The lowest BCUT2D eigenvalue weighted by atomic mass is 10.2. The molecule has 3 rings (SSSR count). The van der Waals surface area contributed by atoms with E-state index >= 15 is 0 Å².